The van der Waals surface area contributed by atoms with Crippen LogP contribution in [0.4, 0.5) is 0 Å². The molecule has 1 fully saturated rings. The number of carbonyl (C=O) groups is 1. The van der Waals surface area contributed by atoms with Crippen LogP contribution < -0.4 is 0 Å². The van der Waals surface area contributed by atoms with Gasteiger partial charge in [-0.3, -0.25) is 4.79 Å². The van der Waals surface area contributed by atoms with Crippen LogP contribution in [0.5, 0.6) is 0 Å². The number of hydrogen-bond donors (Lipinski definition) is 0. The Balaban J connectivity index is 1.44. The SMILES string of the molecule is CS(=O)(=O)c1ccc(CC(=O)N2CC(OCc3ccccc3)C2)cc1. The van der Waals surface area contributed by atoms with Crippen molar-refractivity contribution in [2.75, 3.05) is 19.3 Å². The lowest BCUT2D eigenvalue weighted by Gasteiger charge is -2.39. The van der Waals surface area contributed by atoms with E-state index in [1.807, 2.05) is 30.3 Å². The predicted octanol–water partition coefficient (Wildman–Crippen LogP) is 2.06. The number of hydrogen-bond acceptors (Lipinski definition) is 4. The molecule has 132 valence electrons. The number of sulfone groups is 1. The summed E-state index contributed by atoms with van der Waals surface area (Å²) in [6.45, 7) is 1.76. The van der Waals surface area contributed by atoms with Crippen LogP contribution in [0.2, 0.25) is 0 Å². The fraction of sp³-hybridized carbons (Fsp3) is 0.316. The molecule has 0 atom stereocenters. The van der Waals surface area contributed by atoms with E-state index in [1.165, 1.54) is 6.26 Å². The summed E-state index contributed by atoms with van der Waals surface area (Å²) in [5, 5.41) is 0. The van der Waals surface area contributed by atoms with E-state index in [9.17, 15) is 13.2 Å². The van der Waals surface area contributed by atoms with Crippen molar-refractivity contribution < 1.29 is 17.9 Å². The molecular formula is C19H21NO4S. The molecule has 25 heavy (non-hydrogen) atoms. The normalized spacial score (nSPS) is 15.0. The Morgan fingerprint density at radius 3 is 2.28 bits per heavy atom. The average Bonchev–Trinajstić information content (AvgIpc) is 2.54. The van der Waals surface area contributed by atoms with Gasteiger partial charge in [0.15, 0.2) is 9.84 Å². The van der Waals surface area contributed by atoms with Crippen LogP contribution in [0, 0.1) is 0 Å². The largest absolute Gasteiger partial charge is 0.370 e. The zero-order chi connectivity index (χ0) is 17.9. The minimum atomic E-state index is -3.21. The quantitative estimate of drug-likeness (QED) is 0.792. The minimum Gasteiger partial charge on any atom is -0.370 e. The molecule has 2 aromatic rings. The highest BCUT2D eigenvalue weighted by Gasteiger charge is 2.31. The van der Waals surface area contributed by atoms with Crippen molar-refractivity contribution in [3.63, 3.8) is 0 Å². The van der Waals surface area contributed by atoms with E-state index in [2.05, 4.69) is 0 Å². The molecule has 1 heterocycles. The molecule has 0 radical (unpaired) electrons. The maximum atomic E-state index is 12.2. The van der Waals surface area contributed by atoms with Gasteiger partial charge < -0.3 is 9.64 Å². The van der Waals surface area contributed by atoms with Crippen molar-refractivity contribution in [1.29, 1.82) is 0 Å². The van der Waals surface area contributed by atoms with Gasteiger partial charge in [0.2, 0.25) is 5.91 Å². The summed E-state index contributed by atoms with van der Waals surface area (Å²) in [6, 6.07) is 16.4. The van der Waals surface area contributed by atoms with Gasteiger partial charge in [0.25, 0.3) is 0 Å². The molecule has 2 aromatic carbocycles. The van der Waals surface area contributed by atoms with Gasteiger partial charge in [-0.2, -0.15) is 0 Å². The van der Waals surface area contributed by atoms with Crippen LogP contribution in [-0.2, 0) is 32.4 Å². The summed E-state index contributed by atoms with van der Waals surface area (Å²) in [5.74, 6) is 0.0340. The molecule has 1 aliphatic heterocycles. The van der Waals surface area contributed by atoms with Crippen molar-refractivity contribution >= 4 is 15.7 Å². The maximum Gasteiger partial charge on any atom is 0.227 e. The van der Waals surface area contributed by atoms with E-state index in [-0.39, 0.29) is 23.3 Å². The average molecular weight is 359 g/mol. The summed E-state index contributed by atoms with van der Waals surface area (Å²) in [5.41, 5.74) is 1.93. The number of nitrogens with zero attached hydrogens (tertiary/aromatic N) is 1. The predicted molar refractivity (Wildman–Crippen MR) is 94.9 cm³/mol. The second kappa shape index (κ2) is 7.37. The summed E-state index contributed by atoms with van der Waals surface area (Å²) in [4.78, 5) is 14.3. The Morgan fingerprint density at radius 1 is 1.04 bits per heavy atom. The summed E-state index contributed by atoms with van der Waals surface area (Å²) in [6.07, 6.45) is 1.52. The molecule has 0 bridgehead atoms. The van der Waals surface area contributed by atoms with Crippen molar-refractivity contribution in [3.8, 4) is 0 Å². The molecule has 1 saturated heterocycles. The molecule has 6 heteroatoms. The van der Waals surface area contributed by atoms with E-state index in [4.69, 9.17) is 4.74 Å². The van der Waals surface area contributed by atoms with Gasteiger partial charge in [0.05, 0.1) is 24.0 Å². The van der Waals surface area contributed by atoms with Crippen LogP contribution in [0.25, 0.3) is 0 Å². The van der Waals surface area contributed by atoms with E-state index >= 15 is 0 Å². The molecule has 0 saturated carbocycles. The van der Waals surface area contributed by atoms with Gasteiger partial charge in [0, 0.05) is 19.3 Å². The first-order valence-corrected chi connectivity index (χ1v) is 10.0. The Morgan fingerprint density at radius 2 is 1.68 bits per heavy atom. The lowest BCUT2D eigenvalue weighted by molar-refractivity contribution is -0.145. The van der Waals surface area contributed by atoms with E-state index in [0.29, 0.717) is 19.7 Å². The third kappa shape index (κ3) is 4.67. The van der Waals surface area contributed by atoms with Crippen LogP contribution in [-0.4, -0.2) is 44.7 Å². The fourth-order valence-electron chi connectivity index (χ4n) is 2.68. The molecular weight excluding hydrogens is 338 g/mol. The van der Waals surface area contributed by atoms with Crippen LogP contribution in [0.3, 0.4) is 0 Å². The monoisotopic (exact) mass is 359 g/mol. The van der Waals surface area contributed by atoms with Gasteiger partial charge in [-0.05, 0) is 23.3 Å². The van der Waals surface area contributed by atoms with Gasteiger partial charge >= 0.3 is 0 Å². The third-order valence-corrected chi connectivity index (χ3v) is 5.36. The number of carbonyl (C=O) groups excluding carboxylic acids is 1. The summed E-state index contributed by atoms with van der Waals surface area (Å²) < 4.78 is 28.7. The Bertz CT molecular complexity index is 825. The van der Waals surface area contributed by atoms with E-state index in [0.717, 1.165) is 11.1 Å². The standard InChI is InChI=1S/C19H21NO4S/c1-25(22,23)18-9-7-15(8-10-18)11-19(21)20-12-17(13-20)24-14-16-5-3-2-4-6-16/h2-10,17H,11-14H2,1H3. The summed E-state index contributed by atoms with van der Waals surface area (Å²) >= 11 is 0. The number of likely N-dealkylation sites (tertiary alicyclic amines) is 1. The minimum absolute atomic E-state index is 0.0340. The van der Waals surface area contributed by atoms with Crippen molar-refractivity contribution in [2.24, 2.45) is 0 Å². The van der Waals surface area contributed by atoms with E-state index < -0.39 is 9.84 Å². The second-order valence-electron chi connectivity index (χ2n) is 6.31. The van der Waals surface area contributed by atoms with E-state index in [1.54, 1.807) is 29.2 Å². The maximum absolute atomic E-state index is 12.2. The molecule has 3 rings (SSSR count). The Kier molecular flexibility index (Phi) is 5.20. The summed E-state index contributed by atoms with van der Waals surface area (Å²) in [7, 11) is -3.21. The number of amides is 1. The molecule has 0 aliphatic carbocycles. The lowest BCUT2D eigenvalue weighted by Crippen LogP contribution is -2.55. The molecule has 0 N–H and O–H groups in total. The van der Waals surface area contributed by atoms with Crippen LogP contribution in [0.15, 0.2) is 59.5 Å². The van der Waals surface area contributed by atoms with Gasteiger partial charge in [-0.15, -0.1) is 0 Å². The second-order valence-corrected chi connectivity index (χ2v) is 8.33. The Hall–Kier alpha value is -2.18. The molecule has 0 unspecified atom stereocenters. The van der Waals surface area contributed by atoms with Crippen LogP contribution >= 0.6 is 0 Å². The molecule has 1 aliphatic rings. The first-order valence-electron chi connectivity index (χ1n) is 8.14. The van der Waals surface area contributed by atoms with Gasteiger partial charge in [0.1, 0.15) is 0 Å². The number of ether oxygens (including phenoxy) is 1. The molecule has 1 amide bonds. The van der Waals surface area contributed by atoms with Gasteiger partial charge in [-0.25, -0.2) is 8.42 Å². The van der Waals surface area contributed by atoms with Crippen LogP contribution in [0.1, 0.15) is 11.1 Å². The zero-order valence-corrected chi connectivity index (χ0v) is 14.9. The van der Waals surface area contributed by atoms with Crippen molar-refractivity contribution in [1.82, 2.24) is 4.90 Å². The number of rotatable bonds is 6. The smallest absolute Gasteiger partial charge is 0.227 e. The molecule has 0 aromatic heterocycles. The first-order chi connectivity index (χ1) is 11.9. The van der Waals surface area contributed by atoms with Crippen molar-refractivity contribution in [3.05, 3.63) is 65.7 Å². The lowest BCUT2D eigenvalue weighted by atomic mass is 10.1. The highest BCUT2D eigenvalue weighted by atomic mass is 32.2. The van der Waals surface area contributed by atoms with Gasteiger partial charge in [-0.1, -0.05) is 42.5 Å². The Labute approximate surface area is 148 Å². The molecule has 0 spiro atoms. The zero-order valence-electron chi connectivity index (χ0n) is 14.1. The highest BCUT2D eigenvalue weighted by Crippen LogP contribution is 2.17. The number of benzene rings is 2. The highest BCUT2D eigenvalue weighted by molar-refractivity contribution is 7.90. The van der Waals surface area contributed by atoms with Crippen molar-refractivity contribution in [2.45, 2.75) is 24.0 Å². The fourth-order valence-corrected chi connectivity index (χ4v) is 3.31. The first kappa shape index (κ1) is 17.6. The topological polar surface area (TPSA) is 63.7 Å². The molecule has 5 nitrogen and oxygen atoms in total. The third-order valence-electron chi connectivity index (χ3n) is 4.24.